The van der Waals surface area contributed by atoms with Crippen LogP contribution < -0.4 is 5.32 Å². The highest BCUT2D eigenvalue weighted by Crippen LogP contribution is 2.29. The maximum atomic E-state index is 13.3. The molecule has 174 valence electrons. The van der Waals surface area contributed by atoms with Crippen molar-refractivity contribution >= 4 is 15.9 Å². The fourth-order valence-electron chi connectivity index (χ4n) is 4.92. The maximum Gasteiger partial charge on any atom is 0.243 e. The number of hydrogen-bond donors (Lipinski definition) is 1. The molecule has 1 fully saturated rings. The van der Waals surface area contributed by atoms with Crippen LogP contribution >= 0.6 is 0 Å². The summed E-state index contributed by atoms with van der Waals surface area (Å²) in [4.78, 5) is 13.3. The summed E-state index contributed by atoms with van der Waals surface area (Å²) in [5.74, 6) is -0.161. The molecule has 5 nitrogen and oxygen atoms in total. The Morgan fingerprint density at radius 1 is 0.875 bits per heavy atom. The topological polar surface area (TPSA) is 66.5 Å². The lowest BCUT2D eigenvalue weighted by atomic mass is 9.94. The highest BCUT2D eigenvalue weighted by molar-refractivity contribution is 7.89. The van der Waals surface area contributed by atoms with Crippen LogP contribution in [0.4, 0.5) is 0 Å². The number of aryl methyl sites for hydroxylation is 6. The van der Waals surface area contributed by atoms with Gasteiger partial charge >= 0.3 is 0 Å². The molecule has 1 aliphatic heterocycles. The Kier molecular flexibility index (Phi) is 7.15. The second kappa shape index (κ2) is 9.36. The van der Waals surface area contributed by atoms with E-state index in [-0.39, 0.29) is 17.9 Å². The van der Waals surface area contributed by atoms with Crippen LogP contribution in [-0.2, 0) is 14.8 Å². The van der Waals surface area contributed by atoms with Gasteiger partial charge in [0.15, 0.2) is 0 Å². The van der Waals surface area contributed by atoms with E-state index in [1.54, 1.807) is 4.31 Å². The first kappa shape index (κ1) is 24.5. The van der Waals surface area contributed by atoms with E-state index < -0.39 is 10.0 Å². The average Bonchev–Trinajstić information content (AvgIpc) is 2.69. The third-order valence-corrected chi connectivity index (χ3v) is 8.94. The van der Waals surface area contributed by atoms with Crippen molar-refractivity contribution in [3.05, 3.63) is 63.2 Å². The minimum absolute atomic E-state index is 0.00914. The van der Waals surface area contributed by atoms with E-state index in [0.29, 0.717) is 30.8 Å². The number of sulfonamides is 1. The van der Waals surface area contributed by atoms with Crippen LogP contribution in [-0.4, -0.2) is 31.7 Å². The molecule has 32 heavy (non-hydrogen) atoms. The van der Waals surface area contributed by atoms with Crippen molar-refractivity contribution < 1.29 is 13.2 Å². The quantitative estimate of drug-likeness (QED) is 0.702. The molecule has 0 saturated carbocycles. The summed E-state index contributed by atoms with van der Waals surface area (Å²) in [7, 11) is -3.57. The van der Waals surface area contributed by atoms with E-state index >= 15 is 0 Å². The Labute approximate surface area is 193 Å². The molecule has 0 spiro atoms. The molecule has 0 aromatic heterocycles. The van der Waals surface area contributed by atoms with Gasteiger partial charge in [0.2, 0.25) is 15.9 Å². The molecule has 0 radical (unpaired) electrons. The van der Waals surface area contributed by atoms with Gasteiger partial charge in [0, 0.05) is 19.0 Å². The SMILES string of the molecule is Cc1cc(C)c(S(=O)(=O)N2CCC(C(=O)N[C@H](C)c3cc(C)c(C)cc3C)CC2)c(C)c1. The Hall–Kier alpha value is -2.18. The number of carbonyl (C=O) groups excluding carboxylic acids is 1. The fourth-order valence-corrected chi connectivity index (χ4v) is 6.80. The zero-order chi connectivity index (χ0) is 23.8. The molecule has 0 bridgehead atoms. The van der Waals surface area contributed by atoms with E-state index in [0.717, 1.165) is 22.3 Å². The van der Waals surface area contributed by atoms with Gasteiger partial charge < -0.3 is 5.32 Å². The average molecular weight is 457 g/mol. The minimum Gasteiger partial charge on any atom is -0.349 e. The number of nitrogens with one attached hydrogen (secondary N) is 1. The summed E-state index contributed by atoms with van der Waals surface area (Å²) in [6.45, 7) is 14.7. The smallest absolute Gasteiger partial charge is 0.243 e. The first-order valence-electron chi connectivity index (χ1n) is 11.4. The second-order valence-corrected chi connectivity index (χ2v) is 11.3. The van der Waals surface area contributed by atoms with Gasteiger partial charge in [0.25, 0.3) is 0 Å². The van der Waals surface area contributed by atoms with Gasteiger partial charge in [-0.25, -0.2) is 8.42 Å². The molecule has 1 amide bonds. The predicted octanol–water partition coefficient (Wildman–Crippen LogP) is 4.82. The number of benzene rings is 2. The largest absolute Gasteiger partial charge is 0.349 e. The van der Waals surface area contributed by atoms with Crippen molar-refractivity contribution in [3.8, 4) is 0 Å². The van der Waals surface area contributed by atoms with Crippen LogP contribution in [0.2, 0.25) is 0 Å². The summed E-state index contributed by atoms with van der Waals surface area (Å²) in [6.07, 6.45) is 1.07. The van der Waals surface area contributed by atoms with Crippen LogP contribution in [0.25, 0.3) is 0 Å². The predicted molar refractivity (Wildman–Crippen MR) is 129 cm³/mol. The fraction of sp³-hybridized carbons (Fsp3) is 0.500. The molecular formula is C26H36N2O3S. The molecule has 6 heteroatoms. The van der Waals surface area contributed by atoms with Gasteiger partial charge in [0.1, 0.15) is 0 Å². The van der Waals surface area contributed by atoms with Gasteiger partial charge in [-0.15, -0.1) is 0 Å². The minimum atomic E-state index is -3.57. The number of piperidine rings is 1. The number of nitrogens with zero attached hydrogens (tertiary/aromatic N) is 1. The van der Waals surface area contributed by atoms with E-state index in [2.05, 4.69) is 38.2 Å². The summed E-state index contributed by atoms with van der Waals surface area (Å²) >= 11 is 0. The highest BCUT2D eigenvalue weighted by Gasteiger charge is 2.34. The van der Waals surface area contributed by atoms with Crippen molar-refractivity contribution in [2.24, 2.45) is 5.92 Å². The van der Waals surface area contributed by atoms with Crippen LogP contribution in [0, 0.1) is 47.5 Å². The summed E-state index contributed by atoms with van der Waals surface area (Å²) in [5.41, 5.74) is 7.38. The molecular weight excluding hydrogens is 420 g/mol. The van der Waals surface area contributed by atoms with Gasteiger partial charge in [-0.1, -0.05) is 29.8 Å². The lowest BCUT2D eigenvalue weighted by Gasteiger charge is -2.32. The molecule has 0 unspecified atom stereocenters. The Balaban J connectivity index is 1.67. The normalized spacial score (nSPS) is 16.7. The number of rotatable bonds is 5. The number of amides is 1. The van der Waals surface area contributed by atoms with E-state index in [4.69, 9.17) is 0 Å². The molecule has 0 aliphatic carbocycles. The maximum absolute atomic E-state index is 13.3. The molecule has 2 aromatic rings. The highest BCUT2D eigenvalue weighted by atomic mass is 32.2. The van der Waals surface area contributed by atoms with Gasteiger partial charge in [0.05, 0.1) is 10.9 Å². The Morgan fingerprint density at radius 3 is 1.97 bits per heavy atom. The summed E-state index contributed by atoms with van der Waals surface area (Å²) in [5, 5.41) is 3.16. The van der Waals surface area contributed by atoms with Crippen molar-refractivity contribution in [3.63, 3.8) is 0 Å². The Morgan fingerprint density at radius 2 is 1.41 bits per heavy atom. The lowest BCUT2D eigenvalue weighted by molar-refractivity contribution is -0.126. The molecule has 1 heterocycles. The van der Waals surface area contributed by atoms with Gasteiger partial charge in [-0.3, -0.25) is 4.79 Å². The third-order valence-electron chi connectivity index (χ3n) is 6.73. The molecule has 1 N–H and O–H groups in total. The number of hydrogen-bond acceptors (Lipinski definition) is 3. The summed E-state index contributed by atoms with van der Waals surface area (Å²) in [6, 6.07) is 8.05. The zero-order valence-electron chi connectivity index (χ0n) is 20.4. The first-order chi connectivity index (χ1) is 14.9. The summed E-state index contributed by atoms with van der Waals surface area (Å²) < 4.78 is 28.1. The van der Waals surface area contributed by atoms with Crippen LogP contribution in [0.15, 0.2) is 29.2 Å². The van der Waals surface area contributed by atoms with E-state index in [1.807, 2.05) is 39.8 Å². The van der Waals surface area contributed by atoms with Crippen molar-refractivity contribution in [2.45, 2.75) is 72.2 Å². The molecule has 1 saturated heterocycles. The lowest BCUT2D eigenvalue weighted by Crippen LogP contribution is -2.43. The standard InChI is InChI=1S/C26H36N2O3S/c1-16-12-20(5)25(21(6)13-16)32(30,31)28-10-8-23(9-11-28)26(29)27-22(7)24-15-18(3)17(2)14-19(24)4/h12-15,22-23H,8-11H2,1-7H3,(H,27,29)/t22-/m1/s1. The second-order valence-electron chi connectivity index (χ2n) is 9.43. The van der Waals surface area contributed by atoms with Crippen LogP contribution in [0.3, 0.4) is 0 Å². The van der Waals surface area contributed by atoms with Crippen molar-refractivity contribution in [1.82, 2.24) is 9.62 Å². The van der Waals surface area contributed by atoms with Crippen LogP contribution in [0.5, 0.6) is 0 Å². The van der Waals surface area contributed by atoms with E-state index in [9.17, 15) is 13.2 Å². The van der Waals surface area contributed by atoms with Crippen molar-refractivity contribution in [1.29, 1.82) is 0 Å². The van der Waals surface area contributed by atoms with Crippen molar-refractivity contribution in [2.75, 3.05) is 13.1 Å². The third kappa shape index (κ3) is 4.91. The van der Waals surface area contributed by atoms with E-state index in [1.165, 1.54) is 16.7 Å². The zero-order valence-corrected chi connectivity index (χ0v) is 21.2. The monoisotopic (exact) mass is 456 g/mol. The van der Waals surface area contributed by atoms with Gasteiger partial charge in [-0.2, -0.15) is 4.31 Å². The number of carbonyl (C=O) groups is 1. The van der Waals surface area contributed by atoms with Crippen LogP contribution in [0.1, 0.15) is 64.8 Å². The molecule has 2 aromatic carbocycles. The molecule has 1 aliphatic rings. The van der Waals surface area contributed by atoms with Gasteiger partial charge in [-0.05, 0) is 94.7 Å². The first-order valence-corrected chi connectivity index (χ1v) is 12.8. The molecule has 3 rings (SSSR count). The Bertz CT molecular complexity index is 1110. The molecule has 1 atom stereocenters.